The molecule has 6 nitrogen and oxygen atoms in total. The van der Waals surface area contributed by atoms with Gasteiger partial charge in [0, 0.05) is 37.6 Å². The van der Waals surface area contributed by atoms with E-state index in [1.165, 1.54) is 0 Å². The predicted octanol–water partition coefficient (Wildman–Crippen LogP) is 1.26. The minimum Gasteiger partial charge on any atom is -0.399 e. The van der Waals surface area contributed by atoms with Gasteiger partial charge in [0.15, 0.2) is 5.82 Å². The summed E-state index contributed by atoms with van der Waals surface area (Å²) in [6.45, 7) is 3.35. The lowest BCUT2D eigenvalue weighted by atomic mass is 10.2. The zero-order chi connectivity index (χ0) is 14.7. The van der Waals surface area contributed by atoms with E-state index in [0.717, 1.165) is 37.6 Å². The first-order valence-corrected chi connectivity index (χ1v) is 6.85. The summed E-state index contributed by atoms with van der Waals surface area (Å²) in [6.07, 6.45) is 1.55. The lowest BCUT2D eigenvalue weighted by Crippen LogP contribution is -2.47. The van der Waals surface area contributed by atoms with Crippen LogP contribution in [0, 0.1) is 11.3 Å². The lowest BCUT2D eigenvalue weighted by molar-refractivity contribution is 0.643. The molecular formula is C15H16N6. The molecule has 2 N–H and O–H groups in total. The molecule has 2 heterocycles. The molecule has 1 fully saturated rings. The highest BCUT2D eigenvalue weighted by Crippen LogP contribution is 2.22. The van der Waals surface area contributed by atoms with E-state index >= 15 is 0 Å². The molecule has 0 saturated carbocycles. The topological polar surface area (TPSA) is 82.1 Å². The molecule has 1 aliphatic heterocycles. The molecule has 1 aromatic heterocycles. The van der Waals surface area contributed by atoms with E-state index in [0.29, 0.717) is 11.4 Å². The van der Waals surface area contributed by atoms with Gasteiger partial charge in [-0.15, -0.1) is 5.10 Å². The first-order chi connectivity index (χ1) is 10.3. The number of anilines is 3. The summed E-state index contributed by atoms with van der Waals surface area (Å²) in [5.41, 5.74) is 8.31. The summed E-state index contributed by atoms with van der Waals surface area (Å²) in [7, 11) is 0. The van der Waals surface area contributed by atoms with Crippen LogP contribution in [0.1, 0.15) is 5.56 Å². The first-order valence-electron chi connectivity index (χ1n) is 6.85. The summed E-state index contributed by atoms with van der Waals surface area (Å²) in [4.78, 5) is 4.39. The molecule has 1 aromatic carbocycles. The van der Waals surface area contributed by atoms with E-state index in [2.05, 4.69) is 32.1 Å². The molecule has 0 atom stereocenters. The monoisotopic (exact) mass is 280 g/mol. The van der Waals surface area contributed by atoms with Crippen LogP contribution in [0.2, 0.25) is 0 Å². The van der Waals surface area contributed by atoms with E-state index in [1.54, 1.807) is 12.3 Å². The number of rotatable bonds is 2. The van der Waals surface area contributed by atoms with E-state index in [-0.39, 0.29) is 0 Å². The number of nitrogens with two attached hydrogens (primary N) is 1. The maximum atomic E-state index is 9.14. The van der Waals surface area contributed by atoms with Crippen molar-refractivity contribution >= 4 is 17.2 Å². The van der Waals surface area contributed by atoms with Gasteiger partial charge in [0.25, 0.3) is 0 Å². The zero-order valence-electron chi connectivity index (χ0n) is 11.6. The van der Waals surface area contributed by atoms with Crippen molar-refractivity contribution in [2.45, 2.75) is 0 Å². The van der Waals surface area contributed by atoms with Gasteiger partial charge in [0.05, 0.1) is 11.8 Å². The zero-order valence-corrected chi connectivity index (χ0v) is 11.6. The highest BCUT2D eigenvalue weighted by atomic mass is 15.3. The Hall–Kier alpha value is -2.81. The van der Waals surface area contributed by atoms with Gasteiger partial charge >= 0.3 is 0 Å². The molecule has 1 aliphatic rings. The average Bonchev–Trinajstić information content (AvgIpc) is 2.55. The Morgan fingerprint density at radius 2 is 1.86 bits per heavy atom. The fourth-order valence-electron chi connectivity index (χ4n) is 2.54. The molecule has 2 aromatic rings. The molecular weight excluding hydrogens is 264 g/mol. The number of nitrogen functional groups attached to an aromatic ring is 1. The molecule has 3 rings (SSSR count). The molecule has 0 bridgehead atoms. The van der Waals surface area contributed by atoms with E-state index in [1.807, 2.05) is 18.2 Å². The summed E-state index contributed by atoms with van der Waals surface area (Å²) in [5, 5.41) is 17.1. The third-order valence-electron chi connectivity index (χ3n) is 3.64. The third-order valence-corrected chi connectivity index (χ3v) is 3.64. The Labute approximate surface area is 123 Å². The van der Waals surface area contributed by atoms with Crippen LogP contribution in [0.3, 0.4) is 0 Å². The van der Waals surface area contributed by atoms with Crippen LogP contribution >= 0.6 is 0 Å². The third kappa shape index (κ3) is 2.72. The normalized spacial score (nSPS) is 14.8. The summed E-state index contributed by atoms with van der Waals surface area (Å²) in [5.74, 6) is 0.673. The van der Waals surface area contributed by atoms with Crippen LogP contribution in [-0.2, 0) is 0 Å². The molecule has 0 aliphatic carbocycles. The quantitative estimate of drug-likeness (QED) is 0.834. The van der Waals surface area contributed by atoms with E-state index < -0.39 is 0 Å². The van der Waals surface area contributed by atoms with E-state index in [4.69, 9.17) is 11.0 Å². The smallest absolute Gasteiger partial charge is 0.169 e. The maximum Gasteiger partial charge on any atom is 0.169 e. The maximum absolute atomic E-state index is 9.14. The SMILES string of the molecule is N#Cc1ccnnc1N1CCN(c2cccc(N)c2)CC1. The van der Waals surface area contributed by atoms with Gasteiger partial charge in [-0.25, -0.2) is 0 Å². The van der Waals surface area contributed by atoms with Gasteiger partial charge < -0.3 is 15.5 Å². The van der Waals surface area contributed by atoms with E-state index in [9.17, 15) is 0 Å². The minimum atomic E-state index is 0.572. The first kappa shape index (κ1) is 13.2. The molecule has 0 amide bonds. The Balaban J connectivity index is 1.72. The Kier molecular flexibility index (Phi) is 3.56. The Morgan fingerprint density at radius 1 is 1.10 bits per heavy atom. The highest BCUT2D eigenvalue weighted by Gasteiger charge is 2.20. The van der Waals surface area contributed by atoms with Crippen LogP contribution in [0.5, 0.6) is 0 Å². The summed E-state index contributed by atoms with van der Waals surface area (Å²) < 4.78 is 0. The van der Waals surface area contributed by atoms with Crippen LogP contribution in [0.15, 0.2) is 36.5 Å². The summed E-state index contributed by atoms with van der Waals surface area (Å²) >= 11 is 0. The highest BCUT2D eigenvalue weighted by molar-refractivity contribution is 5.58. The molecule has 0 radical (unpaired) electrons. The number of piperazine rings is 1. The van der Waals surface area contributed by atoms with Crippen molar-refractivity contribution in [2.75, 3.05) is 41.7 Å². The van der Waals surface area contributed by atoms with Gasteiger partial charge in [-0.1, -0.05) is 6.07 Å². The van der Waals surface area contributed by atoms with Crippen molar-refractivity contribution in [2.24, 2.45) is 0 Å². The lowest BCUT2D eigenvalue weighted by Gasteiger charge is -2.36. The molecule has 0 spiro atoms. The van der Waals surface area contributed by atoms with Crippen LogP contribution in [0.25, 0.3) is 0 Å². The van der Waals surface area contributed by atoms with Crippen LogP contribution in [0.4, 0.5) is 17.2 Å². The molecule has 106 valence electrons. The van der Waals surface area contributed by atoms with Gasteiger partial charge in [0.1, 0.15) is 6.07 Å². The largest absolute Gasteiger partial charge is 0.399 e. The number of aromatic nitrogens is 2. The average molecular weight is 280 g/mol. The number of benzene rings is 1. The predicted molar refractivity (Wildman–Crippen MR) is 82.0 cm³/mol. The number of nitrogens with zero attached hydrogens (tertiary/aromatic N) is 5. The van der Waals surface area contributed by atoms with Gasteiger partial charge in [-0.3, -0.25) is 0 Å². The van der Waals surface area contributed by atoms with Crippen molar-refractivity contribution in [1.82, 2.24) is 10.2 Å². The number of hydrogen-bond acceptors (Lipinski definition) is 6. The second-order valence-corrected chi connectivity index (χ2v) is 4.95. The van der Waals surface area contributed by atoms with Crippen molar-refractivity contribution in [3.8, 4) is 6.07 Å². The van der Waals surface area contributed by atoms with Crippen LogP contribution in [-0.4, -0.2) is 36.4 Å². The fraction of sp³-hybridized carbons (Fsp3) is 0.267. The van der Waals surface area contributed by atoms with Crippen molar-refractivity contribution in [3.05, 3.63) is 42.1 Å². The number of hydrogen-bond donors (Lipinski definition) is 1. The van der Waals surface area contributed by atoms with Gasteiger partial charge in [-0.05, 0) is 24.3 Å². The number of nitriles is 1. The standard InChI is InChI=1S/C15H16N6/c16-11-12-4-5-18-19-15(12)21-8-6-20(7-9-21)14-3-1-2-13(17)10-14/h1-5,10H,6-9,17H2. The fourth-order valence-corrected chi connectivity index (χ4v) is 2.54. The Bertz CT molecular complexity index is 670. The molecule has 1 saturated heterocycles. The second-order valence-electron chi connectivity index (χ2n) is 4.95. The van der Waals surface area contributed by atoms with Crippen molar-refractivity contribution in [3.63, 3.8) is 0 Å². The van der Waals surface area contributed by atoms with Crippen LogP contribution < -0.4 is 15.5 Å². The Morgan fingerprint density at radius 3 is 2.57 bits per heavy atom. The van der Waals surface area contributed by atoms with Gasteiger partial charge in [-0.2, -0.15) is 10.4 Å². The molecule has 0 unspecified atom stereocenters. The van der Waals surface area contributed by atoms with Crippen molar-refractivity contribution < 1.29 is 0 Å². The van der Waals surface area contributed by atoms with Gasteiger partial charge in [0.2, 0.25) is 0 Å². The molecule has 6 heteroatoms. The summed E-state index contributed by atoms with van der Waals surface area (Å²) in [6, 6.07) is 11.8. The van der Waals surface area contributed by atoms with Crippen molar-refractivity contribution in [1.29, 1.82) is 5.26 Å². The minimum absolute atomic E-state index is 0.572. The molecule has 21 heavy (non-hydrogen) atoms. The second kappa shape index (κ2) is 5.67.